The second-order valence-electron chi connectivity index (χ2n) is 5.71. The Balaban J connectivity index is 2.23. The van der Waals surface area contributed by atoms with Crippen LogP contribution in [0.5, 0.6) is 11.5 Å². The number of nitrogens with one attached hydrogen (secondary N) is 1. The van der Waals surface area contributed by atoms with Gasteiger partial charge in [-0.05, 0) is 36.6 Å². The third kappa shape index (κ3) is 4.51. The number of rotatable bonds is 5. The average molecular weight is 393 g/mol. The van der Waals surface area contributed by atoms with E-state index in [2.05, 4.69) is 21.2 Å². The Morgan fingerprint density at radius 3 is 2.46 bits per heavy atom. The monoisotopic (exact) mass is 392 g/mol. The molecule has 0 unspecified atom stereocenters. The van der Waals surface area contributed by atoms with Crippen molar-refractivity contribution < 1.29 is 14.3 Å². The number of amides is 1. The van der Waals surface area contributed by atoms with Gasteiger partial charge in [-0.1, -0.05) is 35.2 Å². The fourth-order valence-corrected chi connectivity index (χ4v) is 3.23. The summed E-state index contributed by atoms with van der Waals surface area (Å²) >= 11 is 3.44. The van der Waals surface area contributed by atoms with Crippen molar-refractivity contribution >= 4 is 27.9 Å². The number of halogens is 1. The molecule has 0 aromatic heterocycles. The Kier molecular flexibility index (Phi) is 6.68. The van der Waals surface area contributed by atoms with Crippen molar-refractivity contribution in [2.45, 2.75) is 38.1 Å². The number of nitriles is 1. The van der Waals surface area contributed by atoms with E-state index in [1.165, 1.54) is 6.42 Å². The molecule has 1 saturated carbocycles. The van der Waals surface area contributed by atoms with Crippen LogP contribution in [0, 0.1) is 11.3 Å². The van der Waals surface area contributed by atoms with E-state index in [4.69, 9.17) is 9.47 Å². The lowest BCUT2D eigenvalue weighted by Gasteiger charge is -2.22. The van der Waals surface area contributed by atoms with Crippen LogP contribution in [0.2, 0.25) is 0 Å². The van der Waals surface area contributed by atoms with Crippen LogP contribution in [0.4, 0.5) is 0 Å². The highest BCUT2D eigenvalue weighted by molar-refractivity contribution is 9.10. The number of benzene rings is 1. The highest BCUT2D eigenvalue weighted by Crippen LogP contribution is 2.34. The standard InChI is InChI=1S/C18H21BrN2O3/c1-23-16-9-12(15(19)10-17(16)24-2)8-13(11-20)18(22)21-14-6-4-3-5-7-14/h8-10,14H,3-7H2,1-2H3,(H,21,22). The Morgan fingerprint density at radius 2 is 1.88 bits per heavy atom. The molecule has 1 aliphatic rings. The zero-order valence-electron chi connectivity index (χ0n) is 13.9. The van der Waals surface area contributed by atoms with E-state index in [1.807, 2.05) is 6.07 Å². The molecule has 0 saturated heterocycles. The summed E-state index contributed by atoms with van der Waals surface area (Å²) in [6.07, 6.45) is 6.97. The first-order valence-electron chi connectivity index (χ1n) is 7.93. The largest absolute Gasteiger partial charge is 0.493 e. The first-order chi connectivity index (χ1) is 11.6. The van der Waals surface area contributed by atoms with E-state index < -0.39 is 0 Å². The maximum atomic E-state index is 12.4. The fourth-order valence-electron chi connectivity index (χ4n) is 2.79. The van der Waals surface area contributed by atoms with Gasteiger partial charge >= 0.3 is 0 Å². The summed E-state index contributed by atoms with van der Waals surface area (Å²) in [5, 5.41) is 12.3. The Labute approximate surface area is 150 Å². The summed E-state index contributed by atoms with van der Waals surface area (Å²) in [5.74, 6) is 0.787. The number of carbonyl (C=O) groups excluding carboxylic acids is 1. The number of hydrogen-bond acceptors (Lipinski definition) is 4. The molecule has 2 rings (SSSR count). The van der Waals surface area contributed by atoms with E-state index in [0.717, 1.165) is 30.2 Å². The average Bonchev–Trinajstić information content (AvgIpc) is 2.61. The second kappa shape index (κ2) is 8.74. The molecule has 1 aromatic rings. The molecule has 0 heterocycles. The van der Waals surface area contributed by atoms with Gasteiger partial charge in [0, 0.05) is 10.5 Å². The highest BCUT2D eigenvalue weighted by Gasteiger charge is 2.18. The maximum absolute atomic E-state index is 12.4. The molecular formula is C18H21BrN2O3. The molecule has 0 bridgehead atoms. The van der Waals surface area contributed by atoms with E-state index in [1.54, 1.807) is 32.4 Å². The lowest BCUT2D eigenvalue weighted by Crippen LogP contribution is -2.36. The second-order valence-corrected chi connectivity index (χ2v) is 6.56. The molecule has 1 aromatic carbocycles. The minimum atomic E-state index is -0.328. The van der Waals surface area contributed by atoms with Gasteiger partial charge in [0.1, 0.15) is 11.6 Å². The van der Waals surface area contributed by atoms with Crippen molar-refractivity contribution in [3.63, 3.8) is 0 Å². The van der Waals surface area contributed by atoms with Gasteiger partial charge in [-0.25, -0.2) is 0 Å². The van der Waals surface area contributed by atoms with Gasteiger partial charge in [-0.2, -0.15) is 5.26 Å². The predicted molar refractivity (Wildman–Crippen MR) is 95.9 cm³/mol. The first kappa shape index (κ1) is 18.3. The Morgan fingerprint density at radius 1 is 1.25 bits per heavy atom. The van der Waals surface area contributed by atoms with Crippen LogP contribution < -0.4 is 14.8 Å². The Bertz CT molecular complexity index is 674. The molecule has 0 spiro atoms. The summed E-state index contributed by atoms with van der Waals surface area (Å²) in [6.45, 7) is 0. The van der Waals surface area contributed by atoms with Gasteiger partial charge in [0.25, 0.3) is 5.91 Å². The van der Waals surface area contributed by atoms with Crippen molar-refractivity contribution in [1.82, 2.24) is 5.32 Å². The van der Waals surface area contributed by atoms with E-state index >= 15 is 0 Å². The van der Waals surface area contributed by atoms with Gasteiger partial charge in [-0.15, -0.1) is 0 Å². The molecule has 0 aliphatic heterocycles. The third-order valence-electron chi connectivity index (χ3n) is 4.11. The summed E-state index contributed by atoms with van der Waals surface area (Å²) in [4.78, 5) is 12.4. The molecule has 0 radical (unpaired) electrons. The van der Waals surface area contributed by atoms with E-state index in [0.29, 0.717) is 17.1 Å². The minimum Gasteiger partial charge on any atom is -0.493 e. The van der Waals surface area contributed by atoms with Crippen molar-refractivity contribution in [2.75, 3.05) is 14.2 Å². The van der Waals surface area contributed by atoms with Gasteiger partial charge in [0.2, 0.25) is 0 Å². The van der Waals surface area contributed by atoms with E-state index in [9.17, 15) is 10.1 Å². The van der Waals surface area contributed by atoms with Crippen molar-refractivity contribution in [2.24, 2.45) is 0 Å². The zero-order valence-corrected chi connectivity index (χ0v) is 15.5. The quantitative estimate of drug-likeness (QED) is 0.610. The lowest BCUT2D eigenvalue weighted by molar-refractivity contribution is -0.117. The van der Waals surface area contributed by atoms with Crippen LogP contribution in [0.15, 0.2) is 22.2 Å². The molecule has 0 atom stereocenters. The van der Waals surface area contributed by atoms with Crippen LogP contribution in [0.25, 0.3) is 6.08 Å². The van der Waals surface area contributed by atoms with Crippen molar-refractivity contribution in [1.29, 1.82) is 5.26 Å². The molecule has 128 valence electrons. The van der Waals surface area contributed by atoms with Gasteiger partial charge in [0.15, 0.2) is 11.5 Å². The van der Waals surface area contributed by atoms with Crippen LogP contribution >= 0.6 is 15.9 Å². The van der Waals surface area contributed by atoms with Crippen LogP contribution in [-0.4, -0.2) is 26.2 Å². The summed E-state index contributed by atoms with van der Waals surface area (Å²) in [6, 6.07) is 5.63. The summed E-state index contributed by atoms with van der Waals surface area (Å²) in [5.41, 5.74) is 0.761. The SMILES string of the molecule is COc1cc(Br)c(C=C(C#N)C(=O)NC2CCCCC2)cc1OC. The number of methoxy groups -OCH3 is 2. The Hall–Kier alpha value is -2.00. The smallest absolute Gasteiger partial charge is 0.262 e. The van der Waals surface area contributed by atoms with Crippen molar-refractivity contribution in [3.05, 3.63) is 27.7 Å². The van der Waals surface area contributed by atoms with Crippen LogP contribution in [0.1, 0.15) is 37.7 Å². The molecule has 1 aliphatic carbocycles. The van der Waals surface area contributed by atoms with Crippen LogP contribution in [-0.2, 0) is 4.79 Å². The fraction of sp³-hybridized carbons (Fsp3) is 0.444. The van der Waals surface area contributed by atoms with E-state index in [-0.39, 0.29) is 17.5 Å². The molecular weight excluding hydrogens is 372 g/mol. The molecule has 1 amide bonds. The number of nitrogens with zero attached hydrogens (tertiary/aromatic N) is 1. The normalized spacial score (nSPS) is 15.5. The summed E-state index contributed by atoms with van der Waals surface area (Å²) in [7, 11) is 3.10. The van der Waals surface area contributed by atoms with Crippen LogP contribution in [0.3, 0.4) is 0 Å². The minimum absolute atomic E-state index is 0.0773. The molecule has 24 heavy (non-hydrogen) atoms. The first-order valence-corrected chi connectivity index (χ1v) is 8.72. The molecule has 1 fully saturated rings. The topological polar surface area (TPSA) is 71.3 Å². The molecule has 5 nitrogen and oxygen atoms in total. The van der Waals surface area contributed by atoms with Gasteiger partial charge in [0.05, 0.1) is 14.2 Å². The van der Waals surface area contributed by atoms with Crippen molar-refractivity contribution in [3.8, 4) is 17.6 Å². The lowest BCUT2D eigenvalue weighted by atomic mass is 9.95. The highest BCUT2D eigenvalue weighted by atomic mass is 79.9. The maximum Gasteiger partial charge on any atom is 0.262 e. The number of ether oxygens (including phenoxy) is 2. The third-order valence-corrected chi connectivity index (χ3v) is 4.79. The summed E-state index contributed by atoms with van der Waals surface area (Å²) < 4.78 is 11.2. The number of carbonyl (C=O) groups is 1. The molecule has 1 N–H and O–H groups in total. The predicted octanol–water partition coefficient (Wildman–Crippen LogP) is 3.82. The number of hydrogen-bond donors (Lipinski definition) is 1. The van der Waals surface area contributed by atoms with Gasteiger partial charge in [-0.3, -0.25) is 4.79 Å². The molecule has 6 heteroatoms. The van der Waals surface area contributed by atoms with Gasteiger partial charge < -0.3 is 14.8 Å². The zero-order chi connectivity index (χ0) is 17.5.